The van der Waals surface area contributed by atoms with Crippen molar-refractivity contribution in [2.24, 2.45) is 0 Å². The summed E-state index contributed by atoms with van der Waals surface area (Å²) in [6.45, 7) is 3.51. The molecule has 2 aliphatic rings. The van der Waals surface area contributed by atoms with Crippen molar-refractivity contribution < 1.29 is 4.39 Å². The summed E-state index contributed by atoms with van der Waals surface area (Å²) in [5.74, 6) is -0.257. The van der Waals surface area contributed by atoms with E-state index in [-0.39, 0.29) is 5.82 Å². The Kier molecular flexibility index (Phi) is 3.88. The molecular weight excluding hydrogens is 283 g/mol. The van der Waals surface area contributed by atoms with Gasteiger partial charge < -0.3 is 9.80 Å². The van der Waals surface area contributed by atoms with Crippen LogP contribution in [-0.2, 0) is 0 Å². The summed E-state index contributed by atoms with van der Waals surface area (Å²) in [6, 6.07) is 7.21. The first-order valence-corrected chi connectivity index (χ1v) is 7.23. The largest absolute Gasteiger partial charge is 0.367 e. The van der Waals surface area contributed by atoms with Crippen molar-refractivity contribution in [3.05, 3.63) is 35.3 Å². The SMILES string of the molecule is CN1CCN(c2ccc(C3=C(C#N)NNN3C)cc2F)CC1. The number of halogens is 1. The van der Waals surface area contributed by atoms with Gasteiger partial charge in [0, 0.05) is 38.8 Å². The van der Waals surface area contributed by atoms with Gasteiger partial charge in [-0.05, 0) is 19.2 Å². The second-order valence-electron chi connectivity index (χ2n) is 5.59. The summed E-state index contributed by atoms with van der Waals surface area (Å²) in [5, 5.41) is 10.8. The van der Waals surface area contributed by atoms with Crippen LogP contribution in [0.15, 0.2) is 23.9 Å². The molecule has 1 fully saturated rings. The van der Waals surface area contributed by atoms with Crippen molar-refractivity contribution in [1.82, 2.24) is 20.9 Å². The van der Waals surface area contributed by atoms with Crippen LogP contribution >= 0.6 is 0 Å². The minimum Gasteiger partial charge on any atom is -0.367 e. The van der Waals surface area contributed by atoms with Crippen molar-refractivity contribution >= 4 is 11.4 Å². The first-order chi connectivity index (χ1) is 10.6. The van der Waals surface area contributed by atoms with Crippen LogP contribution in [0.4, 0.5) is 10.1 Å². The highest BCUT2D eigenvalue weighted by Gasteiger charge is 2.23. The van der Waals surface area contributed by atoms with Crippen LogP contribution in [0.1, 0.15) is 5.56 Å². The van der Waals surface area contributed by atoms with Gasteiger partial charge in [0.05, 0.1) is 11.4 Å². The summed E-state index contributed by atoms with van der Waals surface area (Å²) in [6.07, 6.45) is 0. The molecule has 3 rings (SSSR count). The maximum atomic E-state index is 14.5. The molecule has 0 bridgehead atoms. The van der Waals surface area contributed by atoms with E-state index in [9.17, 15) is 4.39 Å². The monoisotopic (exact) mass is 302 g/mol. The Labute approximate surface area is 129 Å². The van der Waals surface area contributed by atoms with Gasteiger partial charge >= 0.3 is 0 Å². The number of nitrogens with zero attached hydrogens (tertiary/aromatic N) is 4. The Morgan fingerprint density at radius 1 is 1.18 bits per heavy atom. The van der Waals surface area contributed by atoms with E-state index in [2.05, 4.69) is 33.9 Å². The molecule has 2 N–H and O–H groups in total. The maximum Gasteiger partial charge on any atom is 0.154 e. The van der Waals surface area contributed by atoms with Crippen molar-refractivity contribution in [3.8, 4) is 6.07 Å². The molecule has 0 atom stereocenters. The van der Waals surface area contributed by atoms with Gasteiger partial charge in [-0.25, -0.2) is 4.39 Å². The predicted octanol–water partition coefficient (Wildman–Crippen LogP) is 0.724. The van der Waals surface area contributed by atoms with Gasteiger partial charge in [-0.1, -0.05) is 6.07 Å². The molecule has 0 aliphatic carbocycles. The summed E-state index contributed by atoms with van der Waals surface area (Å²) in [7, 11) is 3.85. The van der Waals surface area contributed by atoms with E-state index in [1.807, 2.05) is 6.07 Å². The fraction of sp³-hybridized carbons (Fsp3) is 0.400. The van der Waals surface area contributed by atoms with E-state index >= 15 is 0 Å². The number of allylic oxidation sites excluding steroid dienone is 1. The van der Waals surface area contributed by atoms with Crippen LogP contribution in [0.3, 0.4) is 0 Å². The highest BCUT2D eigenvalue weighted by Crippen LogP contribution is 2.28. The molecule has 1 aromatic rings. The molecule has 0 amide bonds. The minimum atomic E-state index is -0.257. The number of hydrogen-bond acceptors (Lipinski definition) is 6. The number of benzene rings is 1. The van der Waals surface area contributed by atoms with Gasteiger partial charge in [-0.2, -0.15) is 5.26 Å². The lowest BCUT2D eigenvalue weighted by Crippen LogP contribution is -2.44. The molecule has 7 heteroatoms. The van der Waals surface area contributed by atoms with E-state index in [0.717, 1.165) is 26.2 Å². The maximum absolute atomic E-state index is 14.5. The van der Waals surface area contributed by atoms with Crippen molar-refractivity contribution in [2.45, 2.75) is 0 Å². The molecule has 22 heavy (non-hydrogen) atoms. The van der Waals surface area contributed by atoms with E-state index in [1.165, 1.54) is 6.07 Å². The molecule has 1 saturated heterocycles. The Hall–Kier alpha value is -2.30. The van der Waals surface area contributed by atoms with E-state index in [4.69, 9.17) is 5.26 Å². The highest BCUT2D eigenvalue weighted by molar-refractivity contribution is 5.72. The van der Waals surface area contributed by atoms with Crippen LogP contribution in [0.5, 0.6) is 0 Å². The quantitative estimate of drug-likeness (QED) is 0.840. The van der Waals surface area contributed by atoms with Crippen LogP contribution < -0.4 is 15.9 Å². The number of anilines is 1. The number of likely N-dealkylation sites (N-methyl/N-ethyl adjacent to an activating group) is 1. The molecule has 0 aromatic heterocycles. The lowest BCUT2D eigenvalue weighted by atomic mass is 10.1. The number of nitriles is 1. The van der Waals surface area contributed by atoms with E-state index in [0.29, 0.717) is 22.6 Å². The normalized spacial score (nSPS) is 19.4. The lowest BCUT2D eigenvalue weighted by Gasteiger charge is -2.34. The number of rotatable bonds is 2. The molecule has 2 heterocycles. The molecule has 1 aromatic carbocycles. The van der Waals surface area contributed by atoms with E-state index in [1.54, 1.807) is 18.1 Å². The van der Waals surface area contributed by atoms with Crippen LogP contribution in [0.25, 0.3) is 5.70 Å². The third-order valence-electron chi connectivity index (χ3n) is 4.10. The van der Waals surface area contributed by atoms with Crippen LogP contribution in [0.2, 0.25) is 0 Å². The minimum absolute atomic E-state index is 0.257. The summed E-state index contributed by atoms with van der Waals surface area (Å²) < 4.78 is 14.5. The fourth-order valence-corrected chi connectivity index (χ4v) is 2.80. The van der Waals surface area contributed by atoms with Crippen molar-refractivity contribution in [3.63, 3.8) is 0 Å². The van der Waals surface area contributed by atoms with Gasteiger partial charge in [0.15, 0.2) is 5.70 Å². The molecule has 116 valence electrons. The molecular formula is C15H19FN6. The van der Waals surface area contributed by atoms with Gasteiger partial charge in [0.1, 0.15) is 11.9 Å². The molecule has 0 spiro atoms. The molecule has 0 saturated carbocycles. The van der Waals surface area contributed by atoms with E-state index < -0.39 is 0 Å². The second-order valence-corrected chi connectivity index (χ2v) is 5.59. The standard InChI is InChI=1S/C15H19FN6/c1-20-5-7-22(8-6-20)14-4-3-11(9-12(14)16)15-13(10-17)18-19-21(15)2/h3-4,9,18-19H,5-8H2,1-2H3. The number of hydrogen-bond donors (Lipinski definition) is 2. The number of piperazine rings is 1. The van der Waals surface area contributed by atoms with Gasteiger partial charge in [0.25, 0.3) is 0 Å². The third-order valence-corrected chi connectivity index (χ3v) is 4.10. The topological polar surface area (TPSA) is 57.6 Å². The Morgan fingerprint density at radius 3 is 2.55 bits per heavy atom. The molecule has 2 aliphatic heterocycles. The average Bonchev–Trinajstić information content (AvgIpc) is 2.89. The molecule has 0 radical (unpaired) electrons. The zero-order valence-corrected chi connectivity index (χ0v) is 12.7. The third kappa shape index (κ3) is 2.58. The Morgan fingerprint density at radius 2 is 1.91 bits per heavy atom. The van der Waals surface area contributed by atoms with Gasteiger partial charge in [-0.15, -0.1) is 5.53 Å². The second kappa shape index (κ2) is 5.83. The first kappa shape index (κ1) is 14.6. The van der Waals surface area contributed by atoms with Crippen molar-refractivity contribution in [2.75, 3.05) is 45.2 Å². The Bertz CT molecular complexity index is 642. The number of nitrogens with one attached hydrogen (secondary N) is 2. The predicted molar refractivity (Wildman–Crippen MR) is 82.7 cm³/mol. The smallest absolute Gasteiger partial charge is 0.154 e. The highest BCUT2D eigenvalue weighted by atomic mass is 19.1. The molecule has 6 nitrogen and oxygen atoms in total. The summed E-state index contributed by atoms with van der Waals surface area (Å²) in [4.78, 5) is 4.30. The van der Waals surface area contributed by atoms with Crippen LogP contribution in [0, 0.1) is 17.1 Å². The van der Waals surface area contributed by atoms with Gasteiger partial charge in [0.2, 0.25) is 0 Å². The zero-order valence-electron chi connectivity index (χ0n) is 12.7. The van der Waals surface area contributed by atoms with Crippen molar-refractivity contribution in [1.29, 1.82) is 5.26 Å². The number of hydrazine groups is 2. The lowest BCUT2D eigenvalue weighted by molar-refractivity contribution is 0.311. The zero-order chi connectivity index (χ0) is 15.7. The summed E-state index contributed by atoms with van der Waals surface area (Å²) >= 11 is 0. The Balaban J connectivity index is 1.88. The average molecular weight is 302 g/mol. The van der Waals surface area contributed by atoms with Crippen LogP contribution in [-0.4, -0.2) is 50.2 Å². The fourth-order valence-electron chi connectivity index (χ4n) is 2.80. The molecule has 0 unspecified atom stereocenters. The van der Waals surface area contributed by atoms with Gasteiger partial charge in [-0.3, -0.25) is 10.4 Å². The first-order valence-electron chi connectivity index (χ1n) is 7.23. The summed E-state index contributed by atoms with van der Waals surface area (Å²) in [5.41, 5.74) is 7.91.